The zero-order valence-corrected chi connectivity index (χ0v) is 21.0. The fraction of sp³-hybridized carbons (Fsp3) is 0.667. The Kier molecular flexibility index (Phi) is 12.1. The Morgan fingerprint density at radius 1 is 1.24 bits per heavy atom. The first-order valence-corrected chi connectivity index (χ1v) is 12.0. The highest BCUT2D eigenvalue weighted by atomic mass is 127. The number of sulfone groups is 1. The molecule has 29 heavy (non-hydrogen) atoms. The minimum Gasteiger partial charge on any atom is -0.381 e. The molecular formula is C21H36IN3O3S. The lowest BCUT2D eigenvalue weighted by Crippen LogP contribution is -2.47. The summed E-state index contributed by atoms with van der Waals surface area (Å²) in [6.45, 7) is 7.28. The fourth-order valence-corrected chi connectivity index (χ4v) is 4.99. The van der Waals surface area contributed by atoms with Crippen LogP contribution in [-0.4, -0.2) is 64.4 Å². The SMILES string of the molecule is CCN=C(NC(CC)CS(=O)(=O)c1ccccc1)N(C)CCC1CCOCC1.I. The van der Waals surface area contributed by atoms with E-state index >= 15 is 0 Å². The van der Waals surface area contributed by atoms with Crippen LogP contribution in [-0.2, 0) is 14.6 Å². The largest absolute Gasteiger partial charge is 0.381 e. The van der Waals surface area contributed by atoms with Gasteiger partial charge in [0.15, 0.2) is 15.8 Å². The number of hydrogen-bond acceptors (Lipinski definition) is 4. The molecule has 1 aliphatic heterocycles. The quantitative estimate of drug-likeness (QED) is 0.296. The van der Waals surface area contributed by atoms with Crippen LogP contribution in [0.25, 0.3) is 0 Å². The number of aliphatic imine (C=N–C) groups is 1. The summed E-state index contributed by atoms with van der Waals surface area (Å²) in [5.74, 6) is 1.54. The van der Waals surface area contributed by atoms with Gasteiger partial charge in [-0.15, -0.1) is 24.0 Å². The highest BCUT2D eigenvalue weighted by molar-refractivity contribution is 14.0. The van der Waals surface area contributed by atoms with Crippen LogP contribution in [0, 0.1) is 5.92 Å². The van der Waals surface area contributed by atoms with E-state index in [9.17, 15) is 8.42 Å². The molecule has 1 atom stereocenters. The zero-order valence-electron chi connectivity index (χ0n) is 17.8. The monoisotopic (exact) mass is 537 g/mol. The first kappa shape index (κ1) is 26.2. The topological polar surface area (TPSA) is 71.0 Å². The summed E-state index contributed by atoms with van der Waals surface area (Å²) in [4.78, 5) is 7.08. The van der Waals surface area contributed by atoms with Crippen LogP contribution in [0.15, 0.2) is 40.2 Å². The molecular weight excluding hydrogens is 501 g/mol. The summed E-state index contributed by atoms with van der Waals surface area (Å²) in [6, 6.07) is 8.48. The van der Waals surface area contributed by atoms with Gasteiger partial charge in [-0.25, -0.2) is 8.42 Å². The van der Waals surface area contributed by atoms with Gasteiger partial charge in [0, 0.05) is 39.4 Å². The maximum atomic E-state index is 12.7. The van der Waals surface area contributed by atoms with Crippen LogP contribution >= 0.6 is 24.0 Å². The Balaban J connectivity index is 0.00000420. The fourth-order valence-electron chi connectivity index (χ4n) is 3.38. The number of ether oxygens (including phenoxy) is 1. The second kappa shape index (κ2) is 13.4. The van der Waals surface area contributed by atoms with Gasteiger partial charge in [0.25, 0.3) is 0 Å². The van der Waals surface area contributed by atoms with E-state index < -0.39 is 9.84 Å². The standard InChI is InChI=1S/C21H35N3O3S.HI/c1-4-19(17-28(25,26)20-9-7-6-8-10-20)23-21(22-5-2)24(3)14-11-18-12-15-27-16-13-18;/h6-10,18-19H,4-5,11-17H2,1-3H3,(H,22,23);1H. The lowest BCUT2D eigenvalue weighted by Gasteiger charge is -2.29. The molecule has 166 valence electrons. The molecule has 8 heteroatoms. The minimum absolute atomic E-state index is 0. The molecule has 1 fully saturated rings. The Hall–Kier alpha value is -0.870. The Bertz CT molecular complexity index is 707. The predicted octanol–water partition coefficient (Wildman–Crippen LogP) is 3.57. The first-order valence-electron chi connectivity index (χ1n) is 10.3. The molecule has 1 N–H and O–H groups in total. The van der Waals surface area contributed by atoms with Gasteiger partial charge in [-0.05, 0) is 50.7 Å². The third-order valence-electron chi connectivity index (χ3n) is 5.23. The number of halogens is 1. The number of rotatable bonds is 9. The van der Waals surface area contributed by atoms with Crippen molar-refractivity contribution < 1.29 is 13.2 Å². The van der Waals surface area contributed by atoms with Gasteiger partial charge >= 0.3 is 0 Å². The molecule has 1 aromatic rings. The van der Waals surface area contributed by atoms with Crippen molar-refractivity contribution in [3.8, 4) is 0 Å². The summed E-state index contributed by atoms with van der Waals surface area (Å²) in [5.41, 5.74) is 0. The van der Waals surface area contributed by atoms with E-state index in [1.165, 1.54) is 0 Å². The Morgan fingerprint density at radius 3 is 2.48 bits per heavy atom. The summed E-state index contributed by atoms with van der Waals surface area (Å²) in [6.07, 6.45) is 4.05. The molecule has 6 nitrogen and oxygen atoms in total. The van der Waals surface area contributed by atoms with E-state index in [4.69, 9.17) is 4.74 Å². The van der Waals surface area contributed by atoms with Gasteiger partial charge in [-0.2, -0.15) is 0 Å². The van der Waals surface area contributed by atoms with Crippen molar-refractivity contribution in [3.05, 3.63) is 30.3 Å². The highest BCUT2D eigenvalue weighted by Gasteiger charge is 2.22. The molecule has 1 unspecified atom stereocenters. The normalized spacial score (nSPS) is 16.7. The van der Waals surface area contributed by atoms with E-state index in [2.05, 4.69) is 15.2 Å². The number of nitrogens with zero attached hydrogens (tertiary/aromatic N) is 2. The molecule has 0 aliphatic carbocycles. The molecule has 0 amide bonds. The van der Waals surface area contributed by atoms with Crippen molar-refractivity contribution >= 4 is 39.8 Å². The Labute approximate surface area is 193 Å². The predicted molar refractivity (Wildman–Crippen MR) is 130 cm³/mol. The van der Waals surface area contributed by atoms with Gasteiger partial charge < -0.3 is 15.0 Å². The third kappa shape index (κ3) is 8.80. The molecule has 0 radical (unpaired) electrons. The molecule has 2 rings (SSSR count). The zero-order chi connectivity index (χ0) is 20.4. The van der Waals surface area contributed by atoms with Crippen molar-refractivity contribution in [1.29, 1.82) is 0 Å². The second-order valence-corrected chi connectivity index (χ2v) is 9.44. The summed E-state index contributed by atoms with van der Waals surface area (Å²) in [7, 11) is -1.31. The maximum absolute atomic E-state index is 12.7. The van der Waals surface area contributed by atoms with Crippen molar-refractivity contribution in [2.45, 2.75) is 50.5 Å². The van der Waals surface area contributed by atoms with Crippen molar-refractivity contribution in [2.24, 2.45) is 10.9 Å². The van der Waals surface area contributed by atoms with Crippen LogP contribution in [0.3, 0.4) is 0 Å². The molecule has 0 spiro atoms. The average Bonchev–Trinajstić information content (AvgIpc) is 2.72. The van der Waals surface area contributed by atoms with E-state index in [0.717, 1.165) is 45.0 Å². The number of guanidine groups is 1. The number of hydrogen-bond donors (Lipinski definition) is 1. The van der Waals surface area contributed by atoms with Gasteiger partial charge in [0.2, 0.25) is 0 Å². The molecule has 1 heterocycles. The summed E-state index contributed by atoms with van der Waals surface area (Å²) < 4.78 is 30.9. The van der Waals surface area contributed by atoms with Gasteiger partial charge in [0.1, 0.15) is 0 Å². The van der Waals surface area contributed by atoms with Crippen LogP contribution in [0.2, 0.25) is 0 Å². The lowest BCUT2D eigenvalue weighted by molar-refractivity contribution is 0.0625. The maximum Gasteiger partial charge on any atom is 0.193 e. The van der Waals surface area contributed by atoms with E-state index in [-0.39, 0.29) is 35.8 Å². The van der Waals surface area contributed by atoms with Gasteiger partial charge in [-0.3, -0.25) is 4.99 Å². The Morgan fingerprint density at radius 2 is 1.90 bits per heavy atom. The van der Waals surface area contributed by atoms with E-state index in [0.29, 0.717) is 23.8 Å². The van der Waals surface area contributed by atoms with Crippen LogP contribution in [0.5, 0.6) is 0 Å². The molecule has 0 saturated carbocycles. The smallest absolute Gasteiger partial charge is 0.193 e. The minimum atomic E-state index is -3.34. The average molecular weight is 538 g/mol. The van der Waals surface area contributed by atoms with Crippen molar-refractivity contribution in [2.75, 3.05) is 39.1 Å². The molecule has 0 aromatic heterocycles. The van der Waals surface area contributed by atoms with Crippen molar-refractivity contribution in [3.63, 3.8) is 0 Å². The van der Waals surface area contributed by atoms with E-state index in [1.807, 2.05) is 27.0 Å². The molecule has 1 aromatic carbocycles. The summed E-state index contributed by atoms with van der Waals surface area (Å²) >= 11 is 0. The van der Waals surface area contributed by atoms with Crippen LogP contribution < -0.4 is 5.32 Å². The molecule has 1 saturated heterocycles. The lowest BCUT2D eigenvalue weighted by atomic mass is 9.96. The highest BCUT2D eigenvalue weighted by Crippen LogP contribution is 2.18. The first-order chi connectivity index (χ1) is 13.5. The van der Waals surface area contributed by atoms with Gasteiger partial charge in [-0.1, -0.05) is 25.1 Å². The number of benzene rings is 1. The molecule has 0 bridgehead atoms. The van der Waals surface area contributed by atoms with Gasteiger partial charge in [0.05, 0.1) is 10.6 Å². The van der Waals surface area contributed by atoms with Crippen LogP contribution in [0.1, 0.15) is 39.5 Å². The second-order valence-electron chi connectivity index (χ2n) is 7.41. The van der Waals surface area contributed by atoms with Crippen molar-refractivity contribution in [1.82, 2.24) is 10.2 Å². The van der Waals surface area contributed by atoms with Crippen LogP contribution in [0.4, 0.5) is 0 Å². The number of nitrogens with one attached hydrogen (secondary N) is 1. The molecule has 1 aliphatic rings. The summed E-state index contributed by atoms with van der Waals surface area (Å²) in [5, 5.41) is 3.39. The third-order valence-corrected chi connectivity index (χ3v) is 7.06. The van der Waals surface area contributed by atoms with E-state index in [1.54, 1.807) is 24.3 Å².